The number of rotatable bonds is 7. The number of benzene rings is 2. The first-order valence-electron chi connectivity index (χ1n) is 10.4. The van der Waals surface area contributed by atoms with Crippen LogP contribution in [0.1, 0.15) is 23.7 Å². The number of ether oxygens (including phenoxy) is 1. The summed E-state index contributed by atoms with van der Waals surface area (Å²) in [7, 11) is 1.63. The van der Waals surface area contributed by atoms with E-state index in [-0.39, 0.29) is 17.5 Å². The zero-order valence-corrected chi connectivity index (χ0v) is 18.3. The van der Waals surface area contributed by atoms with Crippen molar-refractivity contribution in [3.05, 3.63) is 81.7 Å². The lowest BCUT2D eigenvalue weighted by atomic mass is 9.98. The predicted molar refractivity (Wildman–Crippen MR) is 128 cm³/mol. The van der Waals surface area contributed by atoms with Crippen molar-refractivity contribution in [3.8, 4) is 28.1 Å². The summed E-state index contributed by atoms with van der Waals surface area (Å²) in [5.41, 5.74) is 16.8. The van der Waals surface area contributed by atoms with Crippen LogP contribution in [0.25, 0.3) is 22.4 Å². The molecule has 4 aromatic rings. The number of nitrogens with two attached hydrogens (primary N) is 2. The van der Waals surface area contributed by atoms with Crippen molar-refractivity contribution in [1.29, 1.82) is 0 Å². The van der Waals surface area contributed by atoms with E-state index in [1.807, 2.05) is 43.5 Å². The highest BCUT2D eigenvalue weighted by molar-refractivity contribution is 5.82. The minimum atomic E-state index is -0.400. The summed E-state index contributed by atoms with van der Waals surface area (Å²) < 4.78 is 5.19. The van der Waals surface area contributed by atoms with Crippen molar-refractivity contribution in [3.63, 3.8) is 0 Å². The van der Waals surface area contributed by atoms with Gasteiger partial charge in [0.2, 0.25) is 5.95 Å². The molecule has 9 nitrogen and oxygen atoms in total. The Morgan fingerprint density at radius 2 is 1.82 bits per heavy atom. The van der Waals surface area contributed by atoms with Gasteiger partial charge in [0, 0.05) is 17.8 Å². The van der Waals surface area contributed by atoms with Gasteiger partial charge in [-0.1, -0.05) is 25.1 Å². The minimum absolute atomic E-state index is 0.0383. The van der Waals surface area contributed by atoms with Gasteiger partial charge in [-0.15, -0.1) is 0 Å². The second kappa shape index (κ2) is 8.99. The largest absolute Gasteiger partial charge is 0.497 e. The zero-order chi connectivity index (χ0) is 23.5. The molecular formula is C24H24N6O3. The van der Waals surface area contributed by atoms with Crippen LogP contribution < -0.4 is 16.2 Å². The Hall–Kier alpha value is -4.40. The Kier molecular flexibility index (Phi) is 5.95. The Labute approximate surface area is 190 Å². The van der Waals surface area contributed by atoms with Crippen LogP contribution in [-0.2, 0) is 12.8 Å². The van der Waals surface area contributed by atoms with Crippen LogP contribution in [0, 0.1) is 10.1 Å². The highest BCUT2D eigenvalue weighted by atomic mass is 16.6. The van der Waals surface area contributed by atoms with Crippen molar-refractivity contribution in [2.45, 2.75) is 19.8 Å². The molecule has 0 saturated heterocycles. The van der Waals surface area contributed by atoms with Gasteiger partial charge in [0.05, 0.1) is 29.0 Å². The maximum Gasteiger partial charge on any atom is 0.279 e. The highest BCUT2D eigenvalue weighted by Crippen LogP contribution is 2.36. The second-order valence-corrected chi connectivity index (χ2v) is 7.58. The molecule has 0 aliphatic rings. The molecule has 2 heterocycles. The fourth-order valence-electron chi connectivity index (χ4n) is 3.86. The van der Waals surface area contributed by atoms with E-state index in [0.29, 0.717) is 40.9 Å². The van der Waals surface area contributed by atoms with Crippen LogP contribution in [0.3, 0.4) is 0 Å². The van der Waals surface area contributed by atoms with E-state index < -0.39 is 4.92 Å². The summed E-state index contributed by atoms with van der Waals surface area (Å²) in [5, 5.41) is 11.9. The number of methoxy groups -OCH3 is 1. The van der Waals surface area contributed by atoms with Crippen molar-refractivity contribution in [1.82, 2.24) is 15.0 Å². The lowest BCUT2D eigenvalue weighted by molar-refractivity contribution is -0.384. The number of aromatic amines is 1. The van der Waals surface area contributed by atoms with Gasteiger partial charge in [-0.05, 0) is 53.8 Å². The molecule has 0 spiro atoms. The van der Waals surface area contributed by atoms with Crippen LogP contribution in [0.5, 0.6) is 5.75 Å². The number of aromatic nitrogens is 3. The van der Waals surface area contributed by atoms with Crippen LogP contribution in [0.2, 0.25) is 0 Å². The molecule has 0 amide bonds. The average Bonchev–Trinajstić information content (AvgIpc) is 3.27. The van der Waals surface area contributed by atoms with E-state index >= 15 is 0 Å². The standard InChI is InChI=1S/C24H24N6O3/c1-3-19-22(23(25)29-24(26)28-19)16-6-9-18(21(12-16)30(31)32)20-11-15(13-27-20)10-14-4-7-17(33-2)8-5-14/h4-9,11-13,27H,3,10H2,1-2H3,(H4,25,26,28,29). The number of hydrogen-bond donors (Lipinski definition) is 3. The quantitative estimate of drug-likeness (QED) is 0.283. The van der Waals surface area contributed by atoms with Crippen LogP contribution in [0.4, 0.5) is 17.5 Å². The van der Waals surface area contributed by atoms with E-state index in [4.69, 9.17) is 16.2 Å². The van der Waals surface area contributed by atoms with Crippen LogP contribution >= 0.6 is 0 Å². The summed E-state index contributed by atoms with van der Waals surface area (Å²) in [5.74, 6) is 1.07. The third-order valence-corrected chi connectivity index (χ3v) is 5.45. The SMILES string of the molecule is CCc1nc(N)nc(N)c1-c1ccc(-c2cc(Cc3ccc(OC)cc3)c[nH]2)c([N+](=O)[O-])c1. The number of hydrogen-bond acceptors (Lipinski definition) is 7. The van der Waals surface area contributed by atoms with Gasteiger partial charge in [0.1, 0.15) is 11.6 Å². The van der Waals surface area contributed by atoms with Gasteiger partial charge in [-0.2, -0.15) is 4.98 Å². The number of nitro benzene ring substituents is 1. The normalized spacial score (nSPS) is 10.8. The molecule has 0 atom stereocenters. The Bertz CT molecular complexity index is 1310. The molecule has 0 unspecified atom stereocenters. The van der Waals surface area contributed by atoms with Crippen LogP contribution in [0.15, 0.2) is 54.7 Å². The molecule has 33 heavy (non-hydrogen) atoms. The fourth-order valence-corrected chi connectivity index (χ4v) is 3.86. The maximum absolute atomic E-state index is 11.9. The molecule has 0 saturated carbocycles. The van der Waals surface area contributed by atoms with Gasteiger partial charge in [0.25, 0.3) is 5.69 Å². The second-order valence-electron chi connectivity index (χ2n) is 7.58. The number of aryl methyl sites for hydroxylation is 1. The molecule has 2 aromatic carbocycles. The molecule has 0 bridgehead atoms. The fraction of sp³-hybridized carbons (Fsp3) is 0.167. The predicted octanol–water partition coefficient (Wildman–Crippen LogP) is 4.37. The highest BCUT2D eigenvalue weighted by Gasteiger charge is 2.21. The first-order valence-corrected chi connectivity index (χ1v) is 10.4. The lowest BCUT2D eigenvalue weighted by Crippen LogP contribution is -2.06. The average molecular weight is 444 g/mol. The summed E-state index contributed by atoms with van der Waals surface area (Å²) >= 11 is 0. The number of nitrogens with zero attached hydrogens (tertiary/aromatic N) is 3. The van der Waals surface area contributed by atoms with Crippen molar-refractivity contribution >= 4 is 17.5 Å². The van der Waals surface area contributed by atoms with Gasteiger partial charge in [-0.3, -0.25) is 10.1 Å². The topological polar surface area (TPSA) is 146 Å². The van der Waals surface area contributed by atoms with Crippen molar-refractivity contribution in [2.24, 2.45) is 0 Å². The molecule has 5 N–H and O–H groups in total. The molecule has 168 valence electrons. The number of nitrogen functional groups attached to an aromatic ring is 2. The molecular weight excluding hydrogens is 420 g/mol. The van der Waals surface area contributed by atoms with E-state index in [1.54, 1.807) is 19.2 Å². The molecule has 0 aliphatic heterocycles. The van der Waals surface area contributed by atoms with Gasteiger partial charge in [0.15, 0.2) is 0 Å². The lowest BCUT2D eigenvalue weighted by Gasteiger charge is -2.11. The molecule has 9 heteroatoms. The summed E-state index contributed by atoms with van der Waals surface area (Å²) in [6, 6.07) is 14.7. The Morgan fingerprint density at radius 1 is 1.06 bits per heavy atom. The minimum Gasteiger partial charge on any atom is -0.497 e. The van der Waals surface area contributed by atoms with Gasteiger partial charge < -0.3 is 21.2 Å². The van der Waals surface area contributed by atoms with E-state index in [0.717, 1.165) is 16.9 Å². The Morgan fingerprint density at radius 3 is 2.48 bits per heavy atom. The number of nitro groups is 1. The first-order chi connectivity index (χ1) is 15.9. The molecule has 2 aromatic heterocycles. The smallest absolute Gasteiger partial charge is 0.279 e. The summed E-state index contributed by atoms with van der Waals surface area (Å²) in [4.78, 5) is 23.0. The third-order valence-electron chi connectivity index (χ3n) is 5.45. The molecule has 4 rings (SSSR count). The number of H-pyrrole nitrogens is 1. The molecule has 0 radical (unpaired) electrons. The zero-order valence-electron chi connectivity index (χ0n) is 18.3. The molecule has 0 fully saturated rings. The van der Waals surface area contributed by atoms with Gasteiger partial charge in [-0.25, -0.2) is 4.98 Å². The number of anilines is 2. The third kappa shape index (κ3) is 4.47. The van der Waals surface area contributed by atoms with Crippen molar-refractivity contribution in [2.75, 3.05) is 18.6 Å². The summed E-state index contributed by atoms with van der Waals surface area (Å²) in [6.45, 7) is 1.91. The van der Waals surface area contributed by atoms with Crippen molar-refractivity contribution < 1.29 is 9.66 Å². The van der Waals surface area contributed by atoms with Gasteiger partial charge >= 0.3 is 0 Å². The van der Waals surface area contributed by atoms with E-state index in [1.165, 1.54) is 6.07 Å². The molecule has 0 aliphatic carbocycles. The maximum atomic E-state index is 11.9. The number of nitrogens with one attached hydrogen (secondary N) is 1. The first kappa shape index (κ1) is 21.8. The summed E-state index contributed by atoms with van der Waals surface area (Å²) in [6.07, 6.45) is 3.11. The van der Waals surface area contributed by atoms with Crippen LogP contribution in [-0.4, -0.2) is 27.0 Å². The monoisotopic (exact) mass is 444 g/mol. The van der Waals surface area contributed by atoms with E-state index in [9.17, 15) is 10.1 Å². The van der Waals surface area contributed by atoms with E-state index in [2.05, 4.69) is 15.0 Å². The Balaban J connectivity index is 1.69.